The van der Waals surface area contributed by atoms with E-state index in [9.17, 15) is 23.6 Å². The van der Waals surface area contributed by atoms with E-state index in [1.165, 1.54) is 43.1 Å². The van der Waals surface area contributed by atoms with Gasteiger partial charge in [-0.15, -0.1) is 0 Å². The summed E-state index contributed by atoms with van der Waals surface area (Å²) in [7, 11) is 3.00. The van der Waals surface area contributed by atoms with E-state index in [4.69, 9.17) is 9.47 Å². The number of aromatic nitrogens is 1. The summed E-state index contributed by atoms with van der Waals surface area (Å²) in [6, 6.07) is 17.7. The summed E-state index contributed by atoms with van der Waals surface area (Å²) in [5, 5.41) is 2.38. The van der Waals surface area contributed by atoms with Gasteiger partial charge in [-0.25, -0.2) is 9.29 Å². The van der Waals surface area contributed by atoms with Crippen LogP contribution in [-0.2, 0) is 20.9 Å². The number of nitrogens with one attached hydrogen (secondary N) is 1. The second-order valence-corrected chi connectivity index (χ2v) is 12.3. The van der Waals surface area contributed by atoms with Crippen molar-refractivity contribution in [3.63, 3.8) is 0 Å². The number of halogens is 1. The number of imide groups is 1. The van der Waals surface area contributed by atoms with E-state index in [1.54, 1.807) is 30.3 Å². The number of rotatable bonds is 7. The number of thiazole rings is 1. The first-order valence-corrected chi connectivity index (χ1v) is 15.0. The minimum absolute atomic E-state index is 0.260. The molecule has 1 fully saturated rings. The summed E-state index contributed by atoms with van der Waals surface area (Å²) in [6.07, 6.45) is 0. The number of carbonyl (C=O) groups is 3. The number of methoxy groups -OCH3 is 2. The van der Waals surface area contributed by atoms with E-state index < -0.39 is 40.6 Å². The molecule has 2 aliphatic heterocycles. The lowest BCUT2D eigenvalue weighted by atomic mass is 9.83. The van der Waals surface area contributed by atoms with Crippen molar-refractivity contribution in [2.45, 2.75) is 29.7 Å². The number of aryl methyl sites for hydroxylation is 1. The van der Waals surface area contributed by atoms with Crippen LogP contribution in [0.1, 0.15) is 21.9 Å². The number of thioether (sulfide) groups is 1. The Morgan fingerprint density at radius 3 is 2.30 bits per heavy atom. The maximum Gasteiger partial charge on any atom is 0.308 e. The average Bonchev–Trinajstić information content (AvgIpc) is 3.44. The molecule has 0 saturated carbocycles. The molecule has 0 aliphatic carbocycles. The Morgan fingerprint density at radius 2 is 1.63 bits per heavy atom. The first-order valence-electron chi connectivity index (χ1n) is 13.3. The van der Waals surface area contributed by atoms with Crippen LogP contribution in [-0.4, -0.2) is 41.8 Å². The van der Waals surface area contributed by atoms with Crippen LogP contribution in [0.5, 0.6) is 11.5 Å². The number of anilines is 2. The number of hydrogen-bond acceptors (Lipinski definition) is 8. The molecular formula is C31H26FN3O6S2. The first-order chi connectivity index (χ1) is 20.7. The number of amides is 3. The Labute approximate surface area is 254 Å². The van der Waals surface area contributed by atoms with Gasteiger partial charge in [-0.1, -0.05) is 46.9 Å². The minimum Gasteiger partial charge on any atom is -0.493 e. The molecule has 3 atom stereocenters. The topological polar surface area (TPSA) is 107 Å². The maximum atomic E-state index is 14.0. The van der Waals surface area contributed by atoms with Gasteiger partial charge >= 0.3 is 4.87 Å². The second kappa shape index (κ2) is 11.3. The third-order valence-electron chi connectivity index (χ3n) is 7.54. The van der Waals surface area contributed by atoms with E-state index in [1.807, 2.05) is 19.1 Å². The average molecular weight is 620 g/mol. The van der Waals surface area contributed by atoms with Gasteiger partial charge in [-0.05, 0) is 61.0 Å². The molecule has 6 rings (SSSR count). The lowest BCUT2D eigenvalue weighted by Gasteiger charge is -2.31. The molecule has 9 nitrogen and oxygen atoms in total. The van der Waals surface area contributed by atoms with Gasteiger partial charge in [0.15, 0.2) is 11.5 Å². The largest absolute Gasteiger partial charge is 0.493 e. The Kier molecular flexibility index (Phi) is 7.57. The highest BCUT2D eigenvalue weighted by atomic mass is 32.2. The molecule has 3 unspecified atom stereocenters. The van der Waals surface area contributed by atoms with E-state index in [-0.39, 0.29) is 17.1 Å². The normalized spacial score (nSPS) is 19.2. The second-order valence-electron chi connectivity index (χ2n) is 10.2. The monoisotopic (exact) mass is 619 g/mol. The van der Waals surface area contributed by atoms with Crippen molar-refractivity contribution in [3.05, 3.63) is 98.2 Å². The van der Waals surface area contributed by atoms with Gasteiger partial charge in [0.25, 0.3) is 0 Å². The Bertz CT molecular complexity index is 1800. The lowest BCUT2D eigenvalue weighted by Crippen LogP contribution is -2.33. The van der Waals surface area contributed by atoms with Gasteiger partial charge in [0.1, 0.15) is 17.6 Å². The van der Waals surface area contributed by atoms with Crippen molar-refractivity contribution in [2.24, 2.45) is 5.92 Å². The molecule has 1 N–H and O–H groups in total. The van der Waals surface area contributed by atoms with Crippen molar-refractivity contribution in [1.82, 2.24) is 4.57 Å². The molecule has 1 saturated heterocycles. The molecule has 0 radical (unpaired) electrons. The molecule has 3 aromatic carbocycles. The van der Waals surface area contributed by atoms with E-state index >= 15 is 0 Å². The molecule has 0 spiro atoms. The third-order valence-corrected chi connectivity index (χ3v) is 10.1. The third kappa shape index (κ3) is 5.10. The van der Waals surface area contributed by atoms with Gasteiger partial charge in [-0.2, -0.15) is 0 Å². The van der Waals surface area contributed by atoms with Crippen LogP contribution in [0, 0.1) is 18.7 Å². The highest BCUT2D eigenvalue weighted by Gasteiger charge is 2.57. The quantitative estimate of drug-likeness (QED) is 0.296. The minimum atomic E-state index is -0.886. The van der Waals surface area contributed by atoms with Crippen LogP contribution in [0.25, 0.3) is 0 Å². The van der Waals surface area contributed by atoms with Crippen LogP contribution < -0.4 is 24.6 Å². The van der Waals surface area contributed by atoms with Crippen LogP contribution in [0.15, 0.2) is 76.6 Å². The van der Waals surface area contributed by atoms with Gasteiger partial charge in [0, 0.05) is 16.5 Å². The van der Waals surface area contributed by atoms with Crippen molar-refractivity contribution in [3.8, 4) is 11.5 Å². The van der Waals surface area contributed by atoms with Crippen molar-refractivity contribution >= 4 is 52.2 Å². The Balaban J connectivity index is 1.43. The number of ether oxygens (including phenoxy) is 2. The van der Waals surface area contributed by atoms with E-state index in [2.05, 4.69) is 5.32 Å². The molecule has 1 aromatic heterocycles. The standard InChI is InChI=1S/C31H26FN3O6S2/c1-16-4-9-19(10-5-16)33-23(36)15-34-30-27(43-31(34)39)24(17-6-13-21(40-2)22(14-17)41-3)25-26(42-30)29(38)35(28(25)37)20-11-7-18(32)8-12-20/h4-14,24-26H,15H2,1-3H3,(H,33,36). The van der Waals surface area contributed by atoms with Crippen LogP contribution in [0.3, 0.4) is 0 Å². The predicted octanol–water partition coefficient (Wildman–Crippen LogP) is 4.81. The molecule has 12 heteroatoms. The number of nitrogens with zero attached hydrogens (tertiary/aromatic N) is 2. The van der Waals surface area contributed by atoms with Gasteiger partial charge in [0.05, 0.1) is 30.9 Å². The molecule has 4 aromatic rings. The summed E-state index contributed by atoms with van der Waals surface area (Å²) in [5.74, 6) is -2.47. The number of carbonyl (C=O) groups excluding carboxylic acids is 3. The summed E-state index contributed by atoms with van der Waals surface area (Å²) in [6.45, 7) is 1.67. The summed E-state index contributed by atoms with van der Waals surface area (Å²) in [4.78, 5) is 55.5. The number of fused-ring (bicyclic) bond motifs is 2. The van der Waals surface area contributed by atoms with Crippen molar-refractivity contribution < 1.29 is 28.2 Å². The summed E-state index contributed by atoms with van der Waals surface area (Å²) >= 11 is 2.05. The van der Waals surface area contributed by atoms with Crippen LogP contribution >= 0.6 is 23.1 Å². The molecule has 43 heavy (non-hydrogen) atoms. The predicted molar refractivity (Wildman–Crippen MR) is 162 cm³/mol. The summed E-state index contributed by atoms with van der Waals surface area (Å²) in [5.41, 5.74) is 2.54. The number of benzene rings is 3. The zero-order chi connectivity index (χ0) is 30.4. The smallest absolute Gasteiger partial charge is 0.308 e. The Hall–Kier alpha value is -4.42. The summed E-state index contributed by atoms with van der Waals surface area (Å²) < 4.78 is 26.0. The van der Waals surface area contributed by atoms with Crippen LogP contribution in [0.2, 0.25) is 0 Å². The van der Waals surface area contributed by atoms with Gasteiger partial charge in [-0.3, -0.25) is 23.7 Å². The molecule has 3 heterocycles. The molecule has 3 amide bonds. The maximum absolute atomic E-state index is 14.0. The highest BCUT2D eigenvalue weighted by Crippen LogP contribution is 2.54. The highest BCUT2D eigenvalue weighted by molar-refractivity contribution is 8.00. The number of hydrogen-bond donors (Lipinski definition) is 1. The fourth-order valence-electron chi connectivity index (χ4n) is 5.49. The molecule has 0 bridgehead atoms. The van der Waals surface area contributed by atoms with Crippen molar-refractivity contribution in [2.75, 3.05) is 24.4 Å². The van der Waals surface area contributed by atoms with E-state index in [0.29, 0.717) is 32.7 Å². The zero-order valence-electron chi connectivity index (χ0n) is 23.3. The first kappa shape index (κ1) is 28.7. The van der Waals surface area contributed by atoms with Gasteiger partial charge in [0.2, 0.25) is 17.7 Å². The Morgan fingerprint density at radius 1 is 0.930 bits per heavy atom. The fraction of sp³-hybridized carbons (Fsp3) is 0.226. The molecule has 2 aliphatic rings. The molecule has 220 valence electrons. The van der Waals surface area contributed by atoms with E-state index in [0.717, 1.165) is 33.6 Å². The molecular weight excluding hydrogens is 593 g/mol. The van der Waals surface area contributed by atoms with Crippen molar-refractivity contribution in [1.29, 1.82) is 0 Å². The lowest BCUT2D eigenvalue weighted by molar-refractivity contribution is -0.122. The fourth-order valence-corrected chi connectivity index (χ4v) is 8.26. The zero-order valence-corrected chi connectivity index (χ0v) is 25.0. The van der Waals surface area contributed by atoms with Crippen LogP contribution in [0.4, 0.5) is 15.8 Å². The SMILES string of the molecule is COc1ccc(C2c3sc(=O)n(CC(=O)Nc4ccc(C)cc4)c3SC3C(=O)N(c4ccc(F)cc4)C(=O)C32)cc1OC. The van der Waals surface area contributed by atoms with Gasteiger partial charge < -0.3 is 14.8 Å².